The molecule has 0 radical (unpaired) electrons. The highest BCUT2D eigenvalue weighted by atomic mass is 32.2. The molecule has 1 rings (SSSR count). The molecule has 6 heteroatoms. The van der Waals surface area contributed by atoms with Crippen molar-refractivity contribution in [1.82, 2.24) is 10.2 Å². The molecule has 0 aliphatic carbocycles. The summed E-state index contributed by atoms with van der Waals surface area (Å²) < 4.78 is 23.6. The van der Waals surface area contributed by atoms with Gasteiger partial charge in [-0.25, -0.2) is 8.42 Å². The lowest BCUT2D eigenvalue weighted by molar-refractivity contribution is -0.132. The molecule has 1 saturated heterocycles. The average molecular weight is 276 g/mol. The van der Waals surface area contributed by atoms with E-state index in [9.17, 15) is 13.2 Å². The van der Waals surface area contributed by atoms with Gasteiger partial charge in [0.1, 0.15) is 5.75 Å². The van der Waals surface area contributed by atoms with Crippen LogP contribution in [0.3, 0.4) is 0 Å². The summed E-state index contributed by atoms with van der Waals surface area (Å²) in [6.45, 7) is 8.95. The molecule has 1 amide bonds. The van der Waals surface area contributed by atoms with Crippen LogP contribution in [0.2, 0.25) is 0 Å². The van der Waals surface area contributed by atoms with Crippen LogP contribution in [0.1, 0.15) is 27.7 Å². The van der Waals surface area contributed by atoms with Gasteiger partial charge in [0.25, 0.3) is 0 Å². The van der Waals surface area contributed by atoms with Crippen molar-refractivity contribution in [2.75, 3.05) is 24.6 Å². The molecule has 5 nitrogen and oxygen atoms in total. The molecule has 0 saturated carbocycles. The molecule has 1 fully saturated rings. The zero-order valence-corrected chi connectivity index (χ0v) is 12.5. The Bertz CT molecular complexity index is 392. The lowest BCUT2D eigenvalue weighted by atomic mass is 10.1. The van der Waals surface area contributed by atoms with E-state index in [0.717, 1.165) is 6.54 Å². The number of sulfone groups is 1. The number of amides is 1. The Morgan fingerprint density at radius 2 is 2.00 bits per heavy atom. The lowest BCUT2D eigenvalue weighted by Crippen LogP contribution is -2.58. The van der Waals surface area contributed by atoms with Crippen LogP contribution in [0.5, 0.6) is 0 Å². The highest BCUT2D eigenvalue weighted by Crippen LogP contribution is 2.11. The fourth-order valence-electron chi connectivity index (χ4n) is 2.25. The van der Waals surface area contributed by atoms with Gasteiger partial charge in [0, 0.05) is 25.2 Å². The van der Waals surface area contributed by atoms with Gasteiger partial charge in [0.2, 0.25) is 5.91 Å². The zero-order chi connectivity index (χ0) is 13.9. The predicted octanol–water partition coefficient (Wildman–Crippen LogP) is 0.266. The maximum atomic E-state index is 12.1. The Balaban J connectivity index is 2.65. The molecule has 0 aromatic rings. The number of hydrogen-bond donors (Lipinski definition) is 1. The Hall–Kier alpha value is -0.620. The molecule has 106 valence electrons. The Labute approximate surface area is 110 Å². The molecule has 0 aromatic carbocycles. The van der Waals surface area contributed by atoms with Crippen molar-refractivity contribution in [1.29, 1.82) is 0 Å². The molecule has 1 heterocycles. The lowest BCUT2D eigenvalue weighted by Gasteiger charge is -2.38. The van der Waals surface area contributed by atoms with Crippen LogP contribution in [0.4, 0.5) is 0 Å². The van der Waals surface area contributed by atoms with E-state index in [1.54, 1.807) is 4.90 Å². The molecule has 0 bridgehead atoms. The molecule has 1 aliphatic heterocycles. The first-order valence-electron chi connectivity index (χ1n) is 6.46. The first-order chi connectivity index (χ1) is 8.23. The van der Waals surface area contributed by atoms with Gasteiger partial charge in [-0.1, -0.05) is 13.8 Å². The summed E-state index contributed by atoms with van der Waals surface area (Å²) in [6.07, 6.45) is 0. The first kappa shape index (κ1) is 15.4. The van der Waals surface area contributed by atoms with Gasteiger partial charge < -0.3 is 10.2 Å². The van der Waals surface area contributed by atoms with Crippen LogP contribution in [0.15, 0.2) is 0 Å². The number of hydrogen-bond acceptors (Lipinski definition) is 4. The van der Waals surface area contributed by atoms with Crippen LogP contribution >= 0.6 is 0 Å². The summed E-state index contributed by atoms with van der Waals surface area (Å²) in [5, 5.41) is 3.27. The predicted molar refractivity (Wildman–Crippen MR) is 72.1 cm³/mol. The summed E-state index contributed by atoms with van der Waals surface area (Å²) in [5.74, 6) is -0.490. The van der Waals surface area contributed by atoms with Crippen LogP contribution in [0, 0.1) is 5.92 Å². The van der Waals surface area contributed by atoms with E-state index >= 15 is 0 Å². The number of piperazine rings is 1. The second-order valence-electron chi connectivity index (χ2n) is 5.52. The standard InChI is InChI=1S/C12H24N2O3S/c1-9(2)7-18(16,17)8-12(15)14-6-5-13-10(3)11(14)4/h9-11,13H,5-8H2,1-4H3. The van der Waals surface area contributed by atoms with Crippen molar-refractivity contribution in [3.63, 3.8) is 0 Å². The minimum absolute atomic E-state index is 0.0421. The van der Waals surface area contributed by atoms with E-state index in [2.05, 4.69) is 5.32 Å². The topological polar surface area (TPSA) is 66.5 Å². The third kappa shape index (κ3) is 4.24. The van der Waals surface area contributed by atoms with Crippen molar-refractivity contribution < 1.29 is 13.2 Å². The molecule has 1 aliphatic rings. The van der Waals surface area contributed by atoms with E-state index in [4.69, 9.17) is 0 Å². The van der Waals surface area contributed by atoms with Crippen molar-refractivity contribution in [3.8, 4) is 0 Å². The summed E-state index contributed by atoms with van der Waals surface area (Å²) in [5.41, 5.74) is 0. The van der Waals surface area contributed by atoms with E-state index < -0.39 is 9.84 Å². The molecular weight excluding hydrogens is 252 g/mol. The van der Waals surface area contributed by atoms with Gasteiger partial charge in [0.05, 0.1) is 5.75 Å². The van der Waals surface area contributed by atoms with Crippen LogP contribution in [-0.2, 0) is 14.6 Å². The summed E-state index contributed by atoms with van der Waals surface area (Å²) in [7, 11) is -3.28. The van der Waals surface area contributed by atoms with E-state index in [0.29, 0.717) is 6.54 Å². The van der Waals surface area contributed by atoms with Gasteiger partial charge in [0.15, 0.2) is 9.84 Å². The molecule has 2 atom stereocenters. The van der Waals surface area contributed by atoms with Gasteiger partial charge >= 0.3 is 0 Å². The highest BCUT2D eigenvalue weighted by Gasteiger charge is 2.30. The maximum absolute atomic E-state index is 12.1. The fourth-order valence-corrected chi connectivity index (χ4v) is 3.92. The van der Waals surface area contributed by atoms with Gasteiger partial charge in [-0.15, -0.1) is 0 Å². The smallest absolute Gasteiger partial charge is 0.238 e. The number of carbonyl (C=O) groups excluding carboxylic acids is 1. The minimum Gasteiger partial charge on any atom is -0.336 e. The number of rotatable bonds is 4. The second kappa shape index (κ2) is 6.02. The third-order valence-corrected chi connectivity index (χ3v) is 5.15. The van der Waals surface area contributed by atoms with Gasteiger partial charge in [-0.2, -0.15) is 0 Å². The SMILES string of the molecule is CC(C)CS(=O)(=O)CC(=O)N1CCNC(C)C1C. The minimum atomic E-state index is -3.28. The second-order valence-corrected chi connectivity index (χ2v) is 7.63. The monoisotopic (exact) mass is 276 g/mol. The van der Waals surface area contributed by atoms with Crippen molar-refractivity contribution in [2.45, 2.75) is 39.8 Å². The van der Waals surface area contributed by atoms with Crippen LogP contribution in [-0.4, -0.2) is 55.9 Å². The Kier molecular flexibility index (Phi) is 5.16. The van der Waals surface area contributed by atoms with Crippen molar-refractivity contribution >= 4 is 15.7 Å². The van der Waals surface area contributed by atoms with E-state index in [1.807, 2.05) is 27.7 Å². The normalized spacial score (nSPS) is 25.5. The Morgan fingerprint density at radius 3 is 2.56 bits per heavy atom. The van der Waals surface area contributed by atoms with Crippen LogP contribution in [0.25, 0.3) is 0 Å². The highest BCUT2D eigenvalue weighted by molar-refractivity contribution is 7.92. The number of nitrogens with one attached hydrogen (secondary N) is 1. The molecular formula is C12H24N2O3S. The maximum Gasteiger partial charge on any atom is 0.238 e. The summed E-state index contributed by atoms with van der Waals surface area (Å²) >= 11 is 0. The quantitative estimate of drug-likeness (QED) is 0.800. The average Bonchev–Trinajstić information content (AvgIpc) is 2.18. The summed E-state index contributed by atoms with van der Waals surface area (Å²) in [4.78, 5) is 13.7. The van der Waals surface area contributed by atoms with Crippen molar-refractivity contribution in [2.24, 2.45) is 5.92 Å². The molecule has 18 heavy (non-hydrogen) atoms. The molecule has 0 spiro atoms. The first-order valence-corrected chi connectivity index (χ1v) is 8.28. The number of carbonyl (C=O) groups is 1. The van der Waals surface area contributed by atoms with Gasteiger partial charge in [-0.05, 0) is 19.8 Å². The van der Waals surface area contributed by atoms with Gasteiger partial charge in [-0.3, -0.25) is 4.79 Å². The van der Waals surface area contributed by atoms with E-state index in [1.165, 1.54) is 0 Å². The van der Waals surface area contributed by atoms with E-state index in [-0.39, 0.29) is 35.4 Å². The van der Waals surface area contributed by atoms with Crippen LogP contribution < -0.4 is 5.32 Å². The zero-order valence-electron chi connectivity index (χ0n) is 11.6. The Morgan fingerprint density at radius 1 is 1.39 bits per heavy atom. The molecule has 0 aromatic heterocycles. The number of nitrogens with zero attached hydrogens (tertiary/aromatic N) is 1. The molecule has 1 N–H and O–H groups in total. The van der Waals surface area contributed by atoms with Crippen molar-refractivity contribution in [3.05, 3.63) is 0 Å². The largest absolute Gasteiger partial charge is 0.336 e. The summed E-state index contributed by atoms with van der Waals surface area (Å²) in [6, 6.07) is 0.246. The fraction of sp³-hybridized carbons (Fsp3) is 0.917. The molecule has 2 unspecified atom stereocenters. The third-order valence-electron chi connectivity index (χ3n) is 3.29.